The minimum atomic E-state index is -0.110. The maximum Gasteiger partial charge on any atom is 0.195 e. The molecule has 1 N–H and O–H groups in total. The summed E-state index contributed by atoms with van der Waals surface area (Å²) in [5.74, 6) is 0.197. The summed E-state index contributed by atoms with van der Waals surface area (Å²) in [4.78, 5) is 11.0. The molecule has 1 rings (SSSR count). The predicted molar refractivity (Wildman–Crippen MR) is 64.1 cm³/mol. The number of ether oxygens (including phenoxy) is 1. The van der Waals surface area contributed by atoms with Crippen molar-refractivity contribution in [3.05, 3.63) is 46.8 Å². The number of hydrogen-bond donors (Lipinski definition) is 1. The summed E-state index contributed by atoms with van der Waals surface area (Å²) in [6.45, 7) is 2.05. The van der Waals surface area contributed by atoms with Gasteiger partial charge in [0.25, 0.3) is 0 Å². The van der Waals surface area contributed by atoms with E-state index in [1.54, 1.807) is 6.20 Å². The fourth-order valence-corrected chi connectivity index (χ4v) is 1.43. The highest BCUT2D eigenvalue weighted by Crippen LogP contribution is 2.10. The van der Waals surface area contributed by atoms with Crippen molar-refractivity contribution in [3.63, 3.8) is 0 Å². The van der Waals surface area contributed by atoms with Gasteiger partial charge in [0.05, 0.1) is 7.11 Å². The average molecular weight is 240 g/mol. The van der Waals surface area contributed by atoms with Crippen molar-refractivity contribution in [2.45, 2.75) is 13.5 Å². The lowest BCUT2D eigenvalue weighted by atomic mass is 10.2. The van der Waals surface area contributed by atoms with Crippen LogP contribution in [0.4, 0.5) is 0 Å². The number of benzene rings is 1. The molecule has 0 unspecified atom stereocenters. The van der Waals surface area contributed by atoms with E-state index in [4.69, 9.17) is 16.3 Å². The van der Waals surface area contributed by atoms with Crippen LogP contribution in [0.25, 0.3) is 0 Å². The van der Waals surface area contributed by atoms with Crippen LogP contribution in [0, 0.1) is 0 Å². The molecular weight excluding hydrogens is 226 g/mol. The van der Waals surface area contributed by atoms with Gasteiger partial charge in [0, 0.05) is 24.7 Å². The van der Waals surface area contributed by atoms with Gasteiger partial charge < -0.3 is 10.1 Å². The molecule has 1 aromatic rings. The second-order valence-electron chi connectivity index (χ2n) is 3.28. The number of allylic oxidation sites excluding steroid dienone is 1. The Bertz CT molecular complexity index is 402. The van der Waals surface area contributed by atoms with E-state index in [1.807, 2.05) is 24.3 Å². The number of halogens is 1. The number of hydrogen-bond acceptors (Lipinski definition) is 3. The number of ketones is 1. The Morgan fingerprint density at radius 2 is 2.31 bits per heavy atom. The second kappa shape index (κ2) is 6.18. The van der Waals surface area contributed by atoms with Gasteiger partial charge in [-0.05, 0) is 17.7 Å². The monoisotopic (exact) mass is 239 g/mol. The third-order valence-corrected chi connectivity index (χ3v) is 2.23. The van der Waals surface area contributed by atoms with Crippen LogP contribution in [0.3, 0.4) is 0 Å². The highest BCUT2D eigenvalue weighted by Gasteiger charge is 2.01. The molecule has 0 saturated heterocycles. The molecule has 1 aromatic carbocycles. The Labute approximate surface area is 100 Å². The van der Waals surface area contributed by atoms with Crippen LogP contribution >= 0.6 is 11.6 Å². The quantitative estimate of drug-likeness (QED) is 0.634. The van der Waals surface area contributed by atoms with Crippen molar-refractivity contribution < 1.29 is 9.53 Å². The number of rotatable bonds is 5. The first-order valence-electron chi connectivity index (χ1n) is 4.86. The zero-order valence-electron chi connectivity index (χ0n) is 9.29. The fourth-order valence-electron chi connectivity index (χ4n) is 1.21. The van der Waals surface area contributed by atoms with Crippen LogP contribution in [0.15, 0.2) is 36.2 Å². The maximum absolute atomic E-state index is 11.0. The molecule has 0 fully saturated rings. The van der Waals surface area contributed by atoms with Crippen LogP contribution in [-0.4, -0.2) is 12.9 Å². The van der Waals surface area contributed by atoms with Crippen LogP contribution in [0.1, 0.15) is 12.5 Å². The van der Waals surface area contributed by atoms with E-state index in [9.17, 15) is 4.79 Å². The van der Waals surface area contributed by atoms with Gasteiger partial charge in [0.1, 0.15) is 0 Å². The van der Waals surface area contributed by atoms with Gasteiger partial charge in [-0.25, -0.2) is 0 Å². The highest BCUT2D eigenvalue weighted by molar-refractivity contribution is 6.30. The Kier molecular flexibility index (Phi) is 4.86. The molecule has 0 aliphatic rings. The largest absolute Gasteiger partial charge is 0.492 e. The molecule has 0 heterocycles. The number of methoxy groups -OCH3 is 1. The summed E-state index contributed by atoms with van der Waals surface area (Å²) >= 11 is 5.84. The zero-order valence-corrected chi connectivity index (χ0v) is 10.0. The summed E-state index contributed by atoms with van der Waals surface area (Å²) in [6.07, 6.45) is 1.56. The third kappa shape index (κ3) is 3.95. The van der Waals surface area contributed by atoms with Crippen molar-refractivity contribution >= 4 is 17.4 Å². The van der Waals surface area contributed by atoms with Gasteiger partial charge >= 0.3 is 0 Å². The summed E-state index contributed by atoms with van der Waals surface area (Å²) in [6, 6.07) is 7.51. The van der Waals surface area contributed by atoms with Gasteiger partial charge in [0.15, 0.2) is 11.5 Å². The second-order valence-corrected chi connectivity index (χ2v) is 3.72. The topological polar surface area (TPSA) is 38.3 Å². The Hall–Kier alpha value is -1.48. The van der Waals surface area contributed by atoms with E-state index >= 15 is 0 Å². The van der Waals surface area contributed by atoms with Crippen LogP contribution in [-0.2, 0) is 16.1 Å². The molecule has 3 nitrogen and oxygen atoms in total. The molecule has 0 aromatic heterocycles. The van der Waals surface area contributed by atoms with E-state index < -0.39 is 0 Å². The SMILES string of the molecule is CO/C(=C/NCc1cccc(Cl)c1)C(C)=O. The Morgan fingerprint density at radius 1 is 1.56 bits per heavy atom. The zero-order chi connectivity index (χ0) is 12.0. The van der Waals surface area contributed by atoms with Crippen LogP contribution in [0.5, 0.6) is 0 Å². The minimum Gasteiger partial charge on any atom is -0.492 e. The number of nitrogens with one attached hydrogen (secondary N) is 1. The van der Waals surface area contributed by atoms with E-state index in [1.165, 1.54) is 14.0 Å². The summed E-state index contributed by atoms with van der Waals surface area (Å²) < 4.78 is 4.90. The minimum absolute atomic E-state index is 0.110. The number of carbonyl (C=O) groups is 1. The van der Waals surface area contributed by atoms with Crippen molar-refractivity contribution in [3.8, 4) is 0 Å². The van der Waals surface area contributed by atoms with E-state index in [0.29, 0.717) is 17.3 Å². The normalized spacial score (nSPS) is 11.1. The molecule has 0 aliphatic carbocycles. The van der Waals surface area contributed by atoms with Crippen molar-refractivity contribution in [2.24, 2.45) is 0 Å². The molecule has 0 aliphatic heterocycles. The number of carbonyl (C=O) groups excluding carboxylic acids is 1. The van der Waals surface area contributed by atoms with Gasteiger partial charge in [-0.3, -0.25) is 4.79 Å². The van der Waals surface area contributed by atoms with Gasteiger partial charge in [-0.2, -0.15) is 0 Å². The molecule has 0 bridgehead atoms. The van der Waals surface area contributed by atoms with Gasteiger partial charge in [0.2, 0.25) is 0 Å². The van der Waals surface area contributed by atoms with E-state index in [2.05, 4.69) is 5.32 Å². The van der Waals surface area contributed by atoms with Crippen molar-refractivity contribution in [1.29, 1.82) is 0 Å². The Balaban J connectivity index is 2.55. The fraction of sp³-hybridized carbons (Fsp3) is 0.250. The lowest BCUT2D eigenvalue weighted by molar-refractivity contribution is -0.116. The summed E-state index contributed by atoms with van der Waals surface area (Å²) in [5, 5.41) is 3.69. The number of Topliss-reactive ketones (excluding diaryl/α,β-unsaturated/α-hetero) is 1. The molecule has 0 spiro atoms. The lowest BCUT2D eigenvalue weighted by Gasteiger charge is -2.04. The molecule has 4 heteroatoms. The Morgan fingerprint density at radius 3 is 2.88 bits per heavy atom. The average Bonchev–Trinajstić information content (AvgIpc) is 2.24. The molecule has 0 radical (unpaired) electrons. The van der Waals surface area contributed by atoms with Crippen LogP contribution < -0.4 is 5.32 Å². The molecule has 0 atom stereocenters. The lowest BCUT2D eigenvalue weighted by Crippen LogP contribution is -2.09. The summed E-state index contributed by atoms with van der Waals surface area (Å²) in [7, 11) is 1.47. The first-order valence-corrected chi connectivity index (χ1v) is 5.24. The van der Waals surface area contributed by atoms with E-state index in [0.717, 1.165) is 5.56 Å². The molecule has 16 heavy (non-hydrogen) atoms. The summed E-state index contributed by atoms with van der Waals surface area (Å²) in [5.41, 5.74) is 1.04. The third-order valence-electron chi connectivity index (χ3n) is 2.00. The molecule has 0 saturated carbocycles. The van der Waals surface area contributed by atoms with Crippen molar-refractivity contribution in [2.75, 3.05) is 7.11 Å². The van der Waals surface area contributed by atoms with Gasteiger partial charge in [-0.15, -0.1) is 0 Å². The van der Waals surface area contributed by atoms with Crippen LogP contribution in [0.2, 0.25) is 5.02 Å². The van der Waals surface area contributed by atoms with E-state index in [-0.39, 0.29) is 5.78 Å². The molecule has 86 valence electrons. The smallest absolute Gasteiger partial charge is 0.195 e. The first kappa shape index (κ1) is 12.6. The molecular formula is C12H14ClNO2. The van der Waals surface area contributed by atoms with Crippen molar-refractivity contribution in [1.82, 2.24) is 5.32 Å². The molecule has 0 amide bonds. The standard InChI is InChI=1S/C12H14ClNO2/c1-9(15)12(16-2)8-14-7-10-4-3-5-11(13)6-10/h3-6,8,14H,7H2,1-2H3/b12-8+. The first-order chi connectivity index (χ1) is 7.63. The highest BCUT2D eigenvalue weighted by atomic mass is 35.5. The van der Waals surface area contributed by atoms with Gasteiger partial charge in [-0.1, -0.05) is 23.7 Å². The maximum atomic E-state index is 11.0. The predicted octanol–water partition coefficient (Wildman–Crippen LogP) is 2.51.